The average Bonchev–Trinajstić information content (AvgIpc) is 2.55. The zero-order valence-corrected chi connectivity index (χ0v) is 15.2. The first-order chi connectivity index (χ1) is 12.2. The third-order valence-electron chi connectivity index (χ3n) is 3.44. The number of ether oxygens (including phenoxy) is 1. The average molecular weight is 356 g/mol. The van der Waals surface area contributed by atoms with Gasteiger partial charge in [0.25, 0.3) is 5.91 Å². The van der Waals surface area contributed by atoms with Crippen molar-refractivity contribution in [2.75, 3.05) is 11.9 Å². The van der Waals surface area contributed by atoms with E-state index in [4.69, 9.17) is 4.74 Å². The molecule has 2 aromatic rings. The Labute approximate surface area is 153 Å². The number of carbonyl (C=O) groups excluding carboxylic acids is 2. The quantitative estimate of drug-likeness (QED) is 0.762. The van der Waals surface area contributed by atoms with Crippen molar-refractivity contribution in [1.29, 1.82) is 0 Å². The second-order valence-corrected chi connectivity index (χ2v) is 6.85. The number of alkyl carbamates (subject to hydrolysis) is 1. The van der Waals surface area contributed by atoms with E-state index in [2.05, 4.69) is 10.6 Å². The summed E-state index contributed by atoms with van der Waals surface area (Å²) in [5, 5.41) is 15.2. The van der Waals surface area contributed by atoms with E-state index in [9.17, 15) is 14.7 Å². The van der Waals surface area contributed by atoms with Crippen LogP contribution in [0, 0.1) is 0 Å². The lowest BCUT2D eigenvalue weighted by Gasteiger charge is -2.19. The van der Waals surface area contributed by atoms with Crippen LogP contribution in [0.5, 0.6) is 5.75 Å². The maximum Gasteiger partial charge on any atom is 0.407 e. The van der Waals surface area contributed by atoms with Crippen molar-refractivity contribution in [2.45, 2.75) is 32.8 Å². The van der Waals surface area contributed by atoms with Crippen LogP contribution in [0.2, 0.25) is 0 Å². The molecule has 6 heteroatoms. The second-order valence-electron chi connectivity index (χ2n) is 6.85. The van der Waals surface area contributed by atoms with Gasteiger partial charge in [-0.05, 0) is 57.0 Å². The molecule has 0 saturated carbocycles. The molecule has 0 unspecified atom stereocenters. The van der Waals surface area contributed by atoms with Crippen LogP contribution in [0.15, 0.2) is 48.5 Å². The fraction of sp³-hybridized carbons (Fsp3) is 0.300. The molecule has 0 aliphatic heterocycles. The van der Waals surface area contributed by atoms with Gasteiger partial charge >= 0.3 is 6.09 Å². The summed E-state index contributed by atoms with van der Waals surface area (Å²) in [4.78, 5) is 23.7. The minimum absolute atomic E-state index is 0.0603. The largest absolute Gasteiger partial charge is 0.507 e. The van der Waals surface area contributed by atoms with E-state index in [1.165, 1.54) is 6.07 Å². The van der Waals surface area contributed by atoms with Crippen molar-refractivity contribution in [3.8, 4) is 5.75 Å². The second kappa shape index (κ2) is 8.38. The van der Waals surface area contributed by atoms with Crippen molar-refractivity contribution >= 4 is 17.7 Å². The highest BCUT2D eigenvalue weighted by molar-refractivity contribution is 6.06. The molecule has 6 nitrogen and oxygen atoms in total. The first kappa shape index (κ1) is 19.3. The normalized spacial score (nSPS) is 10.9. The van der Waals surface area contributed by atoms with E-state index >= 15 is 0 Å². The molecule has 0 spiro atoms. The van der Waals surface area contributed by atoms with Gasteiger partial charge in [-0.3, -0.25) is 4.79 Å². The van der Waals surface area contributed by atoms with Gasteiger partial charge in [0.05, 0.1) is 5.56 Å². The topological polar surface area (TPSA) is 87.7 Å². The van der Waals surface area contributed by atoms with Crippen molar-refractivity contribution in [2.24, 2.45) is 0 Å². The van der Waals surface area contributed by atoms with Crippen LogP contribution in [0.1, 0.15) is 36.7 Å². The van der Waals surface area contributed by atoms with Crippen LogP contribution in [0.25, 0.3) is 0 Å². The molecular formula is C20H24N2O4. The molecule has 0 aromatic heterocycles. The summed E-state index contributed by atoms with van der Waals surface area (Å²) in [7, 11) is 0. The van der Waals surface area contributed by atoms with Gasteiger partial charge in [-0.15, -0.1) is 0 Å². The zero-order chi connectivity index (χ0) is 19.2. The number of amides is 2. The molecule has 2 rings (SSSR count). The van der Waals surface area contributed by atoms with Crippen molar-refractivity contribution < 1.29 is 19.4 Å². The number of phenolic OH excluding ortho intramolecular Hbond substituents is 1. The third-order valence-corrected chi connectivity index (χ3v) is 3.44. The minimum atomic E-state index is -0.517. The van der Waals surface area contributed by atoms with Gasteiger partial charge in [0, 0.05) is 12.2 Å². The Kier molecular flexibility index (Phi) is 6.22. The summed E-state index contributed by atoms with van der Waals surface area (Å²) in [6.07, 6.45) is 0.205. The molecule has 26 heavy (non-hydrogen) atoms. The summed E-state index contributed by atoms with van der Waals surface area (Å²) < 4.78 is 5.17. The van der Waals surface area contributed by atoms with E-state index in [-0.39, 0.29) is 17.2 Å². The van der Waals surface area contributed by atoms with E-state index in [1.807, 2.05) is 32.9 Å². The molecule has 3 N–H and O–H groups in total. The lowest BCUT2D eigenvalue weighted by molar-refractivity contribution is 0.0528. The van der Waals surface area contributed by atoms with E-state index < -0.39 is 11.7 Å². The molecular weight excluding hydrogens is 332 g/mol. The van der Waals surface area contributed by atoms with Crippen LogP contribution < -0.4 is 10.6 Å². The van der Waals surface area contributed by atoms with Gasteiger partial charge < -0.3 is 20.5 Å². The molecule has 2 aromatic carbocycles. The SMILES string of the molecule is CC(C)(C)OC(=O)NCCc1ccc(NC(=O)c2ccccc2O)cc1. The number of phenols is 1. The molecule has 0 radical (unpaired) electrons. The summed E-state index contributed by atoms with van der Waals surface area (Å²) >= 11 is 0. The molecule has 2 amide bonds. The molecule has 0 heterocycles. The number of rotatable bonds is 5. The molecule has 0 bridgehead atoms. The molecule has 138 valence electrons. The lowest BCUT2D eigenvalue weighted by Crippen LogP contribution is -2.33. The third kappa shape index (κ3) is 6.12. The molecule has 0 aliphatic carbocycles. The summed E-state index contributed by atoms with van der Waals surface area (Å²) in [5.41, 5.74) is 1.35. The first-order valence-corrected chi connectivity index (χ1v) is 8.40. The van der Waals surface area contributed by atoms with Crippen LogP contribution in [-0.4, -0.2) is 29.3 Å². The highest BCUT2D eigenvalue weighted by Crippen LogP contribution is 2.18. The van der Waals surface area contributed by atoms with Crippen molar-refractivity contribution in [1.82, 2.24) is 5.32 Å². The van der Waals surface area contributed by atoms with Gasteiger partial charge in [0.1, 0.15) is 11.4 Å². The fourth-order valence-corrected chi connectivity index (χ4v) is 2.24. The first-order valence-electron chi connectivity index (χ1n) is 8.40. The van der Waals surface area contributed by atoms with Gasteiger partial charge in [-0.1, -0.05) is 24.3 Å². The monoisotopic (exact) mass is 356 g/mol. The Morgan fingerprint density at radius 2 is 1.69 bits per heavy atom. The molecule has 0 saturated heterocycles. The summed E-state index contributed by atoms with van der Waals surface area (Å²) in [6, 6.07) is 13.7. The van der Waals surface area contributed by atoms with Crippen LogP contribution >= 0.6 is 0 Å². The lowest BCUT2D eigenvalue weighted by atomic mass is 10.1. The summed E-state index contributed by atoms with van der Waals surface area (Å²) in [5.74, 6) is -0.433. The number of nitrogens with one attached hydrogen (secondary N) is 2. The number of para-hydroxylation sites is 1. The van der Waals surface area contributed by atoms with Crippen LogP contribution in [0.3, 0.4) is 0 Å². The fourth-order valence-electron chi connectivity index (χ4n) is 2.24. The van der Waals surface area contributed by atoms with Crippen molar-refractivity contribution in [3.05, 3.63) is 59.7 Å². The molecule has 0 atom stereocenters. The Bertz CT molecular complexity index is 764. The van der Waals surface area contributed by atoms with E-state index in [0.29, 0.717) is 18.7 Å². The number of hydrogen-bond acceptors (Lipinski definition) is 4. The number of benzene rings is 2. The molecule has 0 aliphatic rings. The van der Waals surface area contributed by atoms with Crippen molar-refractivity contribution in [3.63, 3.8) is 0 Å². The van der Waals surface area contributed by atoms with Gasteiger partial charge in [-0.25, -0.2) is 4.79 Å². The van der Waals surface area contributed by atoms with Crippen LogP contribution in [0.4, 0.5) is 10.5 Å². The maximum atomic E-state index is 12.1. The standard InChI is InChI=1S/C20H24N2O4/c1-20(2,3)26-19(25)21-13-12-14-8-10-15(11-9-14)22-18(24)16-6-4-5-7-17(16)23/h4-11,23H,12-13H2,1-3H3,(H,21,25)(H,22,24). The predicted molar refractivity (Wildman–Crippen MR) is 100 cm³/mol. The Balaban J connectivity index is 1.84. The minimum Gasteiger partial charge on any atom is -0.507 e. The Morgan fingerprint density at radius 3 is 2.31 bits per heavy atom. The number of aromatic hydroxyl groups is 1. The number of hydrogen-bond donors (Lipinski definition) is 3. The van der Waals surface area contributed by atoms with Gasteiger partial charge in [0.2, 0.25) is 0 Å². The molecule has 0 fully saturated rings. The Hall–Kier alpha value is -3.02. The van der Waals surface area contributed by atoms with Crippen LogP contribution in [-0.2, 0) is 11.2 Å². The van der Waals surface area contributed by atoms with Gasteiger partial charge in [0.15, 0.2) is 0 Å². The Morgan fingerprint density at radius 1 is 1.04 bits per heavy atom. The number of anilines is 1. The maximum absolute atomic E-state index is 12.1. The highest BCUT2D eigenvalue weighted by atomic mass is 16.6. The number of carbonyl (C=O) groups is 2. The van der Waals surface area contributed by atoms with E-state index in [1.54, 1.807) is 30.3 Å². The smallest absolute Gasteiger partial charge is 0.407 e. The van der Waals surface area contributed by atoms with Gasteiger partial charge in [-0.2, -0.15) is 0 Å². The highest BCUT2D eigenvalue weighted by Gasteiger charge is 2.15. The van der Waals surface area contributed by atoms with E-state index in [0.717, 1.165) is 5.56 Å². The summed E-state index contributed by atoms with van der Waals surface area (Å²) in [6.45, 7) is 5.90. The zero-order valence-electron chi connectivity index (χ0n) is 15.2. The predicted octanol–water partition coefficient (Wildman–Crippen LogP) is 3.71.